The van der Waals surface area contributed by atoms with Crippen LogP contribution in [0.5, 0.6) is 5.75 Å². The third kappa shape index (κ3) is 9.72. The van der Waals surface area contributed by atoms with E-state index in [0.29, 0.717) is 25.0 Å². The average Bonchev–Trinajstić information content (AvgIpc) is 3.32. The molecule has 1 aromatic carbocycles. The molecule has 5 amide bonds. The lowest BCUT2D eigenvalue weighted by Gasteiger charge is -2.38. The molecular weight excluding hydrogens is 598 g/mol. The highest BCUT2D eigenvalue weighted by Crippen LogP contribution is 2.30. The Kier molecular flexibility index (Phi) is 11.1. The second-order valence-corrected chi connectivity index (χ2v) is 14.0. The number of benzene rings is 1. The number of alkyl carbamates (subject to hydrolysis) is 1. The minimum atomic E-state index is -3.40. The number of fused-ring (bicyclic) bond motifs is 1. The predicted molar refractivity (Wildman–Crippen MR) is 156 cm³/mol. The monoisotopic (exact) mass is 639 g/mol. The summed E-state index contributed by atoms with van der Waals surface area (Å²) in [7, 11) is -3.40. The molecule has 0 bridgehead atoms. The Labute approximate surface area is 256 Å². The third-order valence-corrected chi connectivity index (χ3v) is 8.37. The summed E-state index contributed by atoms with van der Waals surface area (Å²) in [5.74, 6) is -1.35. The number of sulfone groups is 1. The van der Waals surface area contributed by atoms with Gasteiger partial charge in [0.05, 0.1) is 17.5 Å². The van der Waals surface area contributed by atoms with Crippen LogP contribution in [0.15, 0.2) is 29.2 Å². The molecule has 15 nitrogen and oxygen atoms in total. The van der Waals surface area contributed by atoms with Crippen LogP contribution in [0, 0.1) is 0 Å². The van der Waals surface area contributed by atoms with Gasteiger partial charge in [-0.1, -0.05) is 0 Å². The number of amides is 5. The first-order valence-electron chi connectivity index (χ1n) is 14.3. The number of primary amides is 1. The number of nitrogens with one attached hydrogen (secondary N) is 2. The highest BCUT2D eigenvalue weighted by atomic mass is 32.2. The first-order chi connectivity index (χ1) is 20.4. The lowest BCUT2D eigenvalue weighted by atomic mass is 10.1. The molecule has 2 aliphatic rings. The summed E-state index contributed by atoms with van der Waals surface area (Å²) in [6, 6.07) is 2.38. The molecule has 0 saturated carbocycles. The van der Waals surface area contributed by atoms with Crippen molar-refractivity contribution in [1.29, 1.82) is 0 Å². The van der Waals surface area contributed by atoms with Crippen LogP contribution in [0.25, 0.3) is 0 Å². The smallest absolute Gasteiger partial charge is 0.408 e. The maximum Gasteiger partial charge on any atom is 0.408 e. The Morgan fingerprint density at radius 3 is 2.34 bits per heavy atom. The Morgan fingerprint density at radius 1 is 1.11 bits per heavy atom. The van der Waals surface area contributed by atoms with Crippen molar-refractivity contribution in [1.82, 2.24) is 20.4 Å². The molecule has 1 aromatic rings. The second-order valence-electron chi connectivity index (χ2n) is 12.0. The van der Waals surface area contributed by atoms with Gasteiger partial charge in [0.2, 0.25) is 17.7 Å². The fourth-order valence-electron chi connectivity index (χ4n) is 5.15. The summed E-state index contributed by atoms with van der Waals surface area (Å²) >= 11 is 0. The van der Waals surface area contributed by atoms with Gasteiger partial charge in [-0.05, 0) is 70.7 Å². The molecule has 0 aliphatic carbocycles. The zero-order valence-corrected chi connectivity index (χ0v) is 26.1. The maximum absolute atomic E-state index is 13.8. The standard InChI is InChI=1S/C28H41N5O10S/c1-28(2,3)43-26(37)31-21-15-32(27(38)39)14-13-18-6-11-22(33(18)25(21)36)24(35)30-17(5-12-23(29)34)16-42-19-7-9-20(10-8-19)44(4,40)41/h7-10,17-18,21-22H,5-6,11-16H2,1-4H3,(H2,29,34)(H,30,35)(H,31,37)(H,38,39)/t17-,18+,21-,22-/m0/s1. The summed E-state index contributed by atoms with van der Waals surface area (Å²) < 4.78 is 34.5. The minimum Gasteiger partial charge on any atom is -0.491 e. The molecular formula is C28H41N5O10S. The number of nitrogens with zero attached hydrogens (tertiary/aromatic N) is 2. The number of carbonyl (C=O) groups excluding carboxylic acids is 4. The van der Waals surface area contributed by atoms with E-state index in [2.05, 4.69) is 10.6 Å². The molecule has 0 spiro atoms. The highest BCUT2D eigenvalue weighted by Gasteiger charge is 2.46. The number of ether oxygens (including phenoxy) is 2. The predicted octanol–water partition coefficient (Wildman–Crippen LogP) is 0.856. The van der Waals surface area contributed by atoms with Crippen molar-refractivity contribution in [2.75, 3.05) is 26.0 Å². The summed E-state index contributed by atoms with van der Waals surface area (Å²) in [6.07, 6.45) is 0.0764. The second kappa shape index (κ2) is 14.1. The van der Waals surface area contributed by atoms with E-state index in [1.165, 1.54) is 29.2 Å². The molecule has 2 heterocycles. The molecule has 0 unspecified atom stereocenters. The molecule has 2 saturated heterocycles. The van der Waals surface area contributed by atoms with Crippen LogP contribution in [0.4, 0.5) is 9.59 Å². The summed E-state index contributed by atoms with van der Waals surface area (Å²) in [5.41, 5.74) is 4.47. The van der Waals surface area contributed by atoms with Crippen LogP contribution in [0.3, 0.4) is 0 Å². The van der Waals surface area contributed by atoms with E-state index < -0.39 is 69.5 Å². The van der Waals surface area contributed by atoms with Gasteiger partial charge in [0.25, 0.3) is 0 Å². The van der Waals surface area contributed by atoms with Gasteiger partial charge in [-0.2, -0.15) is 0 Å². The molecule has 0 aromatic heterocycles. The van der Waals surface area contributed by atoms with Gasteiger partial charge in [0.1, 0.15) is 30.0 Å². The molecule has 244 valence electrons. The lowest BCUT2D eigenvalue weighted by Crippen LogP contribution is -2.61. The van der Waals surface area contributed by atoms with Crippen molar-refractivity contribution < 1.29 is 47.0 Å². The Bertz CT molecular complexity index is 1350. The number of rotatable bonds is 10. The van der Waals surface area contributed by atoms with Gasteiger partial charge in [-0.3, -0.25) is 14.4 Å². The molecule has 2 aliphatic heterocycles. The Balaban J connectivity index is 1.77. The van der Waals surface area contributed by atoms with Crippen molar-refractivity contribution in [3.63, 3.8) is 0 Å². The first kappa shape index (κ1) is 34.4. The van der Waals surface area contributed by atoms with Crippen molar-refractivity contribution in [2.45, 2.75) is 87.5 Å². The average molecular weight is 640 g/mol. The largest absolute Gasteiger partial charge is 0.491 e. The van der Waals surface area contributed by atoms with Gasteiger partial charge < -0.3 is 40.7 Å². The van der Waals surface area contributed by atoms with E-state index in [9.17, 15) is 37.5 Å². The van der Waals surface area contributed by atoms with E-state index >= 15 is 0 Å². The number of nitrogens with two attached hydrogens (primary N) is 1. The van der Waals surface area contributed by atoms with E-state index in [1.807, 2.05) is 0 Å². The van der Waals surface area contributed by atoms with E-state index in [4.69, 9.17) is 15.2 Å². The quantitative estimate of drug-likeness (QED) is 0.283. The summed E-state index contributed by atoms with van der Waals surface area (Å²) in [4.78, 5) is 65.9. The fourth-order valence-corrected chi connectivity index (χ4v) is 5.78. The van der Waals surface area contributed by atoms with Crippen molar-refractivity contribution in [2.24, 2.45) is 5.73 Å². The number of hydrogen-bond donors (Lipinski definition) is 4. The van der Waals surface area contributed by atoms with Gasteiger partial charge in [0, 0.05) is 25.3 Å². The van der Waals surface area contributed by atoms with Crippen molar-refractivity contribution >= 4 is 39.7 Å². The highest BCUT2D eigenvalue weighted by molar-refractivity contribution is 7.90. The van der Waals surface area contributed by atoms with Gasteiger partial charge >= 0.3 is 12.2 Å². The molecule has 2 fully saturated rings. The molecule has 44 heavy (non-hydrogen) atoms. The van der Waals surface area contributed by atoms with Gasteiger partial charge in [-0.25, -0.2) is 18.0 Å². The van der Waals surface area contributed by atoms with Gasteiger partial charge in [0.15, 0.2) is 9.84 Å². The first-order valence-corrected chi connectivity index (χ1v) is 16.1. The number of carboxylic acid groups (broad SMARTS) is 1. The van der Waals surface area contributed by atoms with Gasteiger partial charge in [-0.15, -0.1) is 0 Å². The Hall–Kier alpha value is -4.08. The van der Waals surface area contributed by atoms with Crippen LogP contribution in [0.1, 0.15) is 52.9 Å². The van der Waals surface area contributed by atoms with Crippen LogP contribution < -0.4 is 21.1 Å². The van der Waals surface area contributed by atoms with E-state index in [-0.39, 0.29) is 37.4 Å². The number of carbonyl (C=O) groups is 5. The molecule has 5 N–H and O–H groups in total. The maximum atomic E-state index is 13.8. The molecule has 3 rings (SSSR count). The van der Waals surface area contributed by atoms with E-state index in [0.717, 1.165) is 11.2 Å². The van der Waals surface area contributed by atoms with E-state index in [1.54, 1.807) is 20.8 Å². The molecule has 4 atom stereocenters. The lowest BCUT2D eigenvalue weighted by molar-refractivity contribution is -0.143. The minimum absolute atomic E-state index is 0.0514. The number of hydrogen-bond acceptors (Lipinski definition) is 9. The summed E-state index contributed by atoms with van der Waals surface area (Å²) in [6.45, 7) is 4.65. The van der Waals surface area contributed by atoms with Crippen LogP contribution in [-0.4, -0.2) is 109 Å². The van der Waals surface area contributed by atoms with Crippen LogP contribution in [0.2, 0.25) is 0 Å². The van der Waals surface area contributed by atoms with Crippen LogP contribution >= 0.6 is 0 Å². The van der Waals surface area contributed by atoms with Crippen molar-refractivity contribution in [3.05, 3.63) is 24.3 Å². The molecule has 16 heteroatoms. The fraction of sp³-hybridized carbons (Fsp3) is 0.607. The zero-order chi connectivity index (χ0) is 32.8. The topological polar surface area (TPSA) is 215 Å². The zero-order valence-electron chi connectivity index (χ0n) is 25.3. The van der Waals surface area contributed by atoms with Crippen LogP contribution in [-0.2, 0) is 29.0 Å². The third-order valence-electron chi connectivity index (χ3n) is 7.24. The normalized spacial score (nSPS) is 21.4. The molecule has 0 radical (unpaired) electrons. The van der Waals surface area contributed by atoms with Crippen molar-refractivity contribution in [3.8, 4) is 5.75 Å². The Morgan fingerprint density at radius 2 is 1.77 bits per heavy atom. The SMILES string of the molecule is CC(C)(C)OC(=O)N[C@H]1CN(C(=O)O)CC[C@H]2CC[C@@H](C(=O)N[C@@H](CCC(N)=O)COc3ccc(S(C)(=O)=O)cc3)N2C1=O. The summed E-state index contributed by atoms with van der Waals surface area (Å²) in [5, 5.41) is 15.0.